The molecule has 18 heavy (non-hydrogen) atoms. The minimum absolute atomic E-state index is 0.0622. The van der Waals surface area contributed by atoms with Gasteiger partial charge in [0.2, 0.25) is 0 Å². The van der Waals surface area contributed by atoms with E-state index in [0.29, 0.717) is 5.56 Å². The number of hydrogen-bond acceptors (Lipinski definition) is 3. The van der Waals surface area contributed by atoms with Gasteiger partial charge in [0.05, 0.1) is 16.2 Å². The first-order valence-corrected chi connectivity index (χ1v) is 6.28. The standard InChI is InChI=1S/C13H9IN2O2/c14-11-6-2-3-7-12(11)15-9-10-5-1-4-8-13(10)16(17)18/h1-9H. The number of para-hydroxylation sites is 2. The van der Waals surface area contributed by atoms with Crippen molar-refractivity contribution in [2.45, 2.75) is 0 Å². The average molecular weight is 352 g/mol. The largest absolute Gasteiger partial charge is 0.278 e. The van der Waals surface area contributed by atoms with Gasteiger partial charge in [0.1, 0.15) is 0 Å². The summed E-state index contributed by atoms with van der Waals surface area (Å²) in [6.07, 6.45) is 1.52. The number of nitro benzene ring substituents is 1. The van der Waals surface area contributed by atoms with Crippen LogP contribution in [0, 0.1) is 13.7 Å². The lowest BCUT2D eigenvalue weighted by molar-refractivity contribution is -0.385. The fourth-order valence-corrected chi connectivity index (χ4v) is 1.99. The van der Waals surface area contributed by atoms with Crippen LogP contribution in [0.2, 0.25) is 0 Å². The molecule has 0 bridgehead atoms. The molecule has 0 aliphatic rings. The van der Waals surface area contributed by atoms with Gasteiger partial charge in [0.25, 0.3) is 5.69 Å². The van der Waals surface area contributed by atoms with Gasteiger partial charge in [-0.3, -0.25) is 15.1 Å². The fraction of sp³-hybridized carbons (Fsp3) is 0. The normalized spacial score (nSPS) is 10.7. The van der Waals surface area contributed by atoms with E-state index in [0.717, 1.165) is 9.26 Å². The van der Waals surface area contributed by atoms with Gasteiger partial charge in [-0.25, -0.2) is 0 Å². The smallest absolute Gasteiger partial charge is 0.258 e. The number of halogens is 1. The van der Waals surface area contributed by atoms with Crippen LogP contribution in [-0.2, 0) is 0 Å². The number of nitro groups is 1. The molecule has 2 aromatic carbocycles. The van der Waals surface area contributed by atoms with Crippen LogP contribution in [0.5, 0.6) is 0 Å². The van der Waals surface area contributed by atoms with E-state index in [9.17, 15) is 10.1 Å². The second kappa shape index (κ2) is 5.72. The molecule has 0 N–H and O–H groups in total. The highest BCUT2D eigenvalue weighted by Crippen LogP contribution is 2.21. The van der Waals surface area contributed by atoms with Crippen LogP contribution in [0.3, 0.4) is 0 Å². The van der Waals surface area contributed by atoms with Crippen molar-refractivity contribution in [3.63, 3.8) is 0 Å². The van der Waals surface area contributed by atoms with E-state index in [-0.39, 0.29) is 5.69 Å². The fourth-order valence-electron chi connectivity index (χ4n) is 1.46. The molecule has 90 valence electrons. The van der Waals surface area contributed by atoms with Crippen LogP contribution >= 0.6 is 22.6 Å². The molecule has 0 aliphatic carbocycles. The summed E-state index contributed by atoms with van der Waals surface area (Å²) in [5.41, 5.74) is 1.37. The second-order valence-electron chi connectivity index (χ2n) is 3.53. The molecule has 5 heteroatoms. The summed E-state index contributed by atoms with van der Waals surface area (Å²) in [6, 6.07) is 14.2. The summed E-state index contributed by atoms with van der Waals surface area (Å²) in [4.78, 5) is 14.7. The summed E-state index contributed by atoms with van der Waals surface area (Å²) in [6.45, 7) is 0. The van der Waals surface area contributed by atoms with Crippen LogP contribution in [0.4, 0.5) is 11.4 Å². The van der Waals surface area contributed by atoms with Gasteiger partial charge in [-0.2, -0.15) is 0 Å². The van der Waals surface area contributed by atoms with Gasteiger partial charge in [-0.05, 0) is 40.8 Å². The molecule has 2 rings (SSSR count). The zero-order valence-electron chi connectivity index (χ0n) is 9.29. The molecule has 2 aromatic rings. The van der Waals surface area contributed by atoms with Crippen LogP contribution in [0.25, 0.3) is 0 Å². The monoisotopic (exact) mass is 352 g/mol. The number of aliphatic imine (C=N–C) groups is 1. The Balaban J connectivity index is 2.35. The summed E-state index contributed by atoms with van der Waals surface area (Å²) >= 11 is 2.18. The minimum atomic E-state index is -0.405. The maximum atomic E-state index is 10.8. The molecule has 0 amide bonds. The summed E-state index contributed by atoms with van der Waals surface area (Å²) in [5.74, 6) is 0. The van der Waals surface area contributed by atoms with Crippen molar-refractivity contribution in [1.82, 2.24) is 0 Å². The molecule has 0 aliphatic heterocycles. The predicted octanol–water partition coefficient (Wildman–Crippen LogP) is 3.95. The topological polar surface area (TPSA) is 55.5 Å². The quantitative estimate of drug-likeness (QED) is 0.364. The molecule has 0 aromatic heterocycles. The highest BCUT2D eigenvalue weighted by atomic mass is 127. The van der Waals surface area contributed by atoms with Crippen molar-refractivity contribution in [2.24, 2.45) is 4.99 Å². The lowest BCUT2D eigenvalue weighted by Crippen LogP contribution is -1.93. The highest BCUT2D eigenvalue weighted by Gasteiger charge is 2.09. The van der Waals surface area contributed by atoms with Crippen molar-refractivity contribution in [2.75, 3.05) is 0 Å². The van der Waals surface area contributed by atoms with Crippen molar-refractivity contribution in [3.05, 3.63) is 67.8 Å². The molecular weight excluding hydrogens is 343 g/mol. The first-order chi connectivity index (χ1) is 8.68. The lowest BCUT2D eigenvalue weighted by Gasteiger charge is -1.98. The van der Waals surface area contributed by atoms with Gasteiger partial charge in [-0.15, -0.1) is 0 Å². The molecular formula is C13H9IN2O2. The van der Waals surface area contributed by atoms with Crippen LogP contribution in [0.1, 0.15) is 5.56 Å². The summed E-state index contributed by atoms with van der Waals surface area (Å²) in [5, 5.41) is 10.8. The van der Waals surface area contributed by atoms with Gasteiger partial charge in [0.15, 0.2) is 0 Å². The average Bonchev–Trinajstić information content (AvgIpc) is 2.38. The number of nitrogens with zero attached hydrogens (tertiary/aromatic N) is 2. The van der Waals surface area contributed by atoms with Gasteiger partial charge in [-0.1, -0.05) is 24.3 Å². The predicted molar refractivity (Wildman–Crippen MR) is 79.5 cm³/mol. The lowest BCUT2D eigenvalue weighted by atomic mass is 10.2. The van der Waals surface area contributed by atoms with Crippen molar-refractivity contribution in [1.29, 1.82) is 0 Å². The Hall–Kier alpha value is -1.76. The molecule has 4 nitrogen and oxygen atoms in total. The number of rotatable bonds is 3. The second-order valence-corrected chi connectivity index (χ2v) is 4.69. The van der Waals surface area contributed by atoms with E-state index in [4.69, 9.17) is 0 Å². The zero-order valence-corrected chi connectivity index (χ0v) is 11.4. The Morgan fingerprint density at radius 1 is 1.11 bits per heavy atom. The third kappa shape index (κ3) is 2.92. The summed E-state index contributed by atoms with van der Waals surface area (Å²) < 4.78 is 1.00. The van der Waals surface area contributed by atoms with Crippen LogP contribution in [-0.4, -0.2) is 11.1 Å². The highest BCUT2D eigenvalue weighted by molar-refractivity contribution is 14.1. The van der Waals surface area contributed by atoms with Gasteiger partial charge in [0, 0.05) is 15.9 Å². The van der Waals surface area contributed by atoms with E-state index in [1.54, 1.807) is 18.2 Å². The first kappa shape index (κ1) is 12.7. The van der Waals surface area contributed by atoms with Crippen molar-refractivity contribution in [3.8, 4) is 0 Å². The SMILES string of the molecule is O=[N+]([O-])c1ccccc1C=Nc1ccccc1I. The first-order valence-electron chi connectivity index (χ1n) is 5.20. The zero-order chi connectivity index (χ0) is 13.0. The third-order valence-corrected chi connectivity index (χ3v) is 3.24. The van der Waals surface area contributed by atoms with Gasteiger partial charge >= 0.3 is 0 Å². The molecule has 0 unspecified atom stereocenters. The Kier molecular flexibility index (Phi) is 4.03. The maximum Gasteiger partial charge on any atom is 0.278 e. The Morgan fingerprint density at radius 3 is 2.50 bits per heavy atom. The molecule has 0 atom stereocenters. The number of benzene rings is 2. The Bertz CT molecular complexity index is 611. The Labute approximate surface area is 118 Å². The molecule has 0 radical (unpaired) electrons. The van der Waals surface area contributed by atoms with Crippen molar-refractivity contribution < 1.29 is 4.92 Å². The third-order valence-electron chi connectivity index (χ3n) is 2.33. The van der Waals surface area contributed by atoms with Crippen molar-refractivity contribution >= 4 is 40.2 Å². The molecule has 0 fully saturated rings. The van der Waals surface area contributed by atoms with Crippen LogP contribution < -0.4 is 0 Å². The summed E-state index contributed by atoms with van der Waals surface area (Å²) in [7, 11) is 0. The van der Waals surface area contributed by atoms with Crippen LogP contribution in [0.15, 0.2) is 53.5 Å². The van der Waals surface area contributed by atoms with E-state index in [1.165, 1.54) is 12.3 Å². The van der Waals surface area contributed by atoms with E-state index < -0.39 is 4.92 Å². The van der Waals surface area contributed by atoms with Gasteiger partial charge < -0.3 is 0 Å². The minimum Gasteiger partial charge on any atom is -0.258 e. The number of hydrogen-bond donors (Lipinski definition) is 0. The molecule has 0 saturated heterocycles. The molecule has 0 saturated carbocycles. The maximum absolute atomic E-state index is 10.8. The van der Waals surface area contributed by atoms with E-state index in [2.05, 4.69) is 27.6 Å². The van der Waals surface area contributed by atoms with E-state index >= 15 is 0 Å². The Morgan fingerprint density at radius 2 is 1.78 bits per heavy atom. The molecule has 0 heterocycles. The van der Waals surface area contributed by atoms with E-state index in [1.807, 2.05) is 24.3 Å². The molecule has 0 spiro atoms.